The number of carbonyl (C=O) groups is 1. The van der Waals surface area contributed by atoms with Gasteiger partial charge in [0, 0.05) is 30.8 Å². The van der Waals surface area contributed by atoms with Crippen LogP contribution in [0.15, 0.2) is 47.4 Å². The summed E-state index contributed by atoms with van der Waals surface area (Å²) in [6.07, 6.45) is 0.603. The zero-order valence-electron chi connectivity index (χ0n) is 15.7. The molecule has 0 heterocycles. The van der Waals surface area contributed by atoms with E-state index in [4.69, 9.17) is 21.1 Å². The molecule has 9 heteroatoms. The molecule has 2 rings (SSSR count). The molecule has 0 aliphatic carbocycles. The maximum absolute atomic E-state index is 12.5. The monoisotopic (exact) mass is 426 g/mol. The van der Waals surface area contributed by atoms with Crippen LogP contribution in [-0.4, -0.2) is 48.2 Å². The van der Waals surface area contributed by atoms with Crippen LogP contribution in [0, 0.1) is 0 Å². The van der Waals surface area contributed by atoms with Gasteiger partial charge in [-0.1, -0.05) is 23.7 Å². The van der Waals surface area contributed by atoms with Crippen molar-refractivity contribution in [2.24, 2.45) is 0 Å². The van der Waals surface area contributed by atoms with Crippen molar-refractivity contribution in [3.8, 4) is 5.75 Å². The van der Waals surface area contributed by atoms with Crippen molar-refractivity contribution < 1.29 is 22.7 Å². The van der Waals surface area contributed by atoms with E-state index in [1.807, 2.05) is 18.2 Å². The number of rotatable bonds is 10. The summed E-state index contributed by atoms with van der Waals surface area (Å²) in [6.45, 7) is 0.725. The highest BCUT2D eigenvalue weighted by Gasteiger charge is 2.21. The number of halogens is 1. The highest BCUT2D eigenvalue weighted by molar-refractivity contribution is 7.89. The van der Waals surface area contributed by atoms with E-state index in [1.165, 1.54) is 32.4 Å². The van der Waals surface area contributed by atoms with Crippen LogP contribution < -0.4 is 14.8 Å². The topological polar surface area (TPSA) is 93.7 Å². The van der Waals surface area contributed by atoms with Gasteiger partial charge in [-0.15, -0.1) is 0 Å². The smallest absolute Gasteiger partial charge is 0.251 e. The van der Waals surface area contributed by atoms with Gasteiger partial charge in [-0.2, -0.15) is 0 Å². The number of sulfonamides is 1. The minimum Gasteiger partial charge on any atom is -0.495 e. The number of methoxy groups -OCH3 is 2. The molecule has 2 aromatic carbocycles. The predicted molar refractivity (Wildman–Crippen MR) is 108 cm³/mol. The first-order valence-corrected chi connectivity index (χ1v) is 10.4. The maximum Gasteiger partial charge on any atom is 0.251 e. The van der Waals surface area contributed by atoms with Gasteiger partial charge < -0.3 is 14.8 Å². The average molecular weight is 427 g/mol. The summed E-state index contributed by atoms with van der Waals surface area (Å²) in [6, 6.07) is 11.6. The first-order chi connectivity index (χ1) is 13.4. The molecule has 0 aromatic heterocycles. The lowest BCUT2D eigenvalue weighted by molar-refractivity contribution is 0.0954. The zero-order chi connectivity index (χ0) is 20.6. The van der Waals surface area contributed by atoms with Crippen molar-refractivity contribution in [1.82, 2.24) is 10.0 Å². The fourth-order valence-corrected chi connectivity index (χ4v) is 3.92. The van der Waals surface area contributed by atoms with Crippen molar-refractivity contribution in [3.05, 3.63) is 58.6 Å². The van der Waals surface area contributed by atoms with Crippen molar-refractivity contribution in [2.45, 2.75) is 11.3 Å². The van der Waals surface area contributed by atoms with Gasteiger partial charge in [0.25, 0.3) is 5.91 Å². The maximum atomic E-state index is 12.5. The highest BCUT2D eigenvalue weighted by atomic mass is 35.5. The Bertz CT molecular complexity index is 918. The number of carbonyl (C=O) groups excluding carboxylic acids is 1. The molecule has 0 saturated heterocycles. The molecule has 1 amide bonds. The first kappa shape index (κ1) is 22.2. The van der Waals surface area contributed by atoms with Gasteiger partial charge in [-0.3, -0.25) is 4.79 Å². The molecule has 28 heavy (non-hydrogen) atoms. The molecule has 0 radical (unpaired) electrons. The third-order valence-corrected chi connectivity index (χ3v) is 5.62. The van der Waals surface area contributed by atoms with Crippen LogP contribution >= 0.6 is 11.6 Å². The van der Waals surface area contributed by atoms with Crippen molar-refractivity contribution in [1.29, 1.82) is 0 Å². The zero-order valence-corrected chi connectivity index (χ0v) is 17.3. The second kappa shape index (κ2) is 10.4. The van der Waals surface area contributed by atoms with Gasteiger partial charge >= 0.3 is 0 Å². The van der Waals surface area contributed by atoms with Gasteiger partial charge in [0.05, 0.1) is 13.7 Å². The van der Waals surface area contributed by atoms with E-state index in [-0.39, 0.29) is 35.3 Å². The normalized spacial score (nSPS) is 11.2. The van der Waals surface area contributed by atoms with Crippen LogP contribution in [0.4, 0.5) is 0 Å². The molecule has 0 spiro atoms. The Morgan fingerprint density at radius 3 is 2.57 bits per heavy atom. The summed E-state index contributed by atoms with van der Waals surface area (Å²) in [7, 11) is -1.00. The average Bonchev–Trinajstić information content (AvgIpc) is 2.67. The van der Waals surface area contributed by atoms with E-state index in [0.29, 0.717) is 18.0 Å². The largest absolute Gasteiger partial charge is 0.495 e. The minimum atomic E-state index is -3.85. The molecular weight excluding hydrogens is 404 g/mol. The SMILES string of the molecule is COCCNS(=O)(=O)c1cc(C(=O)NCCc2cccc(Cl)c2)ccc1OC. The molecule has 0 atom stereocenters. The molecule has 0 fully saturated rings. The summed E-state index contributed by atoms with van der Waals surface area (Å²) >= 11 is 5.95. The van der Waals surface area contributed by atoms with E-state index >= 15 is 0 Å². The van der Waals surface area contributed by atoms with Crippen LogP contribution in [0.25, 0.3) is 0 Å². The molecule has 0 aliphatic rings. The predicted octanol–water partition coefficient (Wildman–Crippen LogP) is 2.25. The van der Waals surface area contributed by atoms with Crippen molar-refractivity contribution in [2.75, 3.05) is 33.9 Å². The molecule has 7 nitrogen and oxygen atoms in total. The molecule has 2 aromatic rings. The third-order valence-electron chi connectivity index (χ3n) is 3.90. The Balaban J connectivity index is 2.09. The molecule has 2 N–H and O–H groups in total. The third kappa shape index (κ3) is 6.20. The summed E-state index contributed by atoms with van der Waals surface area (Å²) in [4.78, 5) is 12.3. The quantitative estimate of drug-likeness (QED) is 0.568. The fraction of sp³-hybridized carbons (Fsp3) is 0.316. The Hall–Kier alpha value is -2.13. The lowest BCUT2D eigenvalue weighted by atomic mass is 10.1. The first-order valence-electron chi connectivity index (χ1n) is 8.56. The summed E-state index contributed by atoms with van der Waals surface area (Å²) in [5, 5.41) is 3.41. The second-order valence-corrected chi connectivity index (χ2v) is 8.06. The Morgan fingerprint density at radius 2 is 1.89 bits per heavy atom. The van der Waals surface area contributed by atoms with Crippen LogP contribution in [-0.2, 0) is 21.2 Å². The number of ether oxygens (including phenoxy) is 2. The number of hydrogen-bond acceptors (Lipinski definition) is 5. The standard InChI is InChI=1S/C19H23ClN2O5S/c1-26-11-10-22-28(24,25)18-13-15(6-7-17(18)27-2)19(23)21-9-8-14-4-3-5-16(20)12-14/h3-7,12-13,22H,8-11H2,1-2H3,(H,21,23). The number of hydrogen-bond donors (Lipinski definition) is 2. The lowest BCUT2D eigenvalue weighted by Gasteiger charge is -2.12. The molecule has 0 saturated carbocycles. The van der Waals surface area contributed by atoms with Crippen LogP contribution in [0.1, 0.15) is 15.9 Å². The van der Waals surface area contributed by atoms with Crippen molar-refractivity contribution in [3.63, 3.8) is 0 Å². The van der Waals surface area contributed by atoms with E-state index in [1.54, 1.807) is 6.07 Å². The van der Waals surface area contributed by atoms with E-state index < -0.39 is 10.0 Å². The van der Waals surface area contributed by atoms with Crippen molar-refractivity contribution >= 4 is 27.5 Å². The fourth-order valence-electron chi connectivity index (χ4n) is 2.50. The van der Waals surface area contributed by atoms with Gasteiger partial charge in [0.15, 0.2) is 0 Å². The second-order valence-electron chi connectivity index (χ2n) is 5.89. The van der Waals surface area contributed by atoms with Gasteiger partial charge in [0.1, 0.15) is 10.6 Å². The van der Waals surface area contributed by atoms with Crippen LogP contribution in [0.5, 0.6) is 5.75 Å². The molecule has 0 aliphatic heterocycles. The van der Waals surface area contributed by atoms with Gasteiger partial charge in [-0.25, -0.2) is 13.1 Å². The van der Waals surface area contributed by atoms with Crippen LogP contribution in [0.3, 0.4) is 0 Å². The molecule has 0 bridgehead atoms. The van der Waals surface area contributed by atoms with Gasteiger partial charge in [-0.05, 0) is 42.3 Å². The Morgan fingerprint density at radius 1 is 1.11 bits per heavy atom. The molecule has 0 unspecified atom stereocenters. The highest BCUT2D eigenvalue weighted by Crippen LogP contribution is 2.24. The van der Waals surface area contributed by atoms with E-state index in [2.05, 4.69) is 10.0 Å². The number of benzene rings is 2. The van der Waals surface area contributed by atoms with Crippen LogP contribution in [0.2, 0.25) is 5.02 Å². The van der Waals surface area contributed by atoms with E-state index in [9.17, 15) is 13.2 Å². The summed E-state index contributed by atoms with van der Waals surface area (Å²) in [5.74, 6) is -0.224. The Kier molecular flexibility index (Phi) is 8.25. The number of amides is 1. The summed E-state index contributed by atoms with van der Waals surface area (Å²) < 4.78 is 37.4. The molecular formula is C19H23ClN2O5S. The summed E-state index contributed by atoms with van der Waals surface area (Å²) in [5.41, 5.74) is 1.21. The lowest BCUT2D eigenvalue weighted by Crippen LogP contribution is -2.29. The van der Waals surface area contributed by atoms with E-state index in [0.717, 1.165) is 5.56 Å². The minimum absolute atomic E-state index is 0.103. The molecule has 152 valence electrons. The van der Waals surface area contributed by atoms with Gasteiger partial charge in [0.2, 0.25) is 10.0 Å². The number of nitrogens with one attached hydrogen (secondary N) is 2. The Labute approximate surface area is 170 Å².